The third kappa shape index (κ3) is 9.91. The highest BCUT2D eigenvalue weighted by Gasteiger charge is 1.50. The minimum absolute atomic E-state index is 0. The molecule has 6 heavy (non-hydrogen) atoms. The molecule has 1 amide bonds. The van der Waals surface area contributed by atoms with Gasteiger partial charge in [-0.2, -0.15) is 0 Å². The maximum Gasteiger partial charge on any atom is 0.211 e. The maximum atomic E-state index is 9.22. The molecular weight excluding hydrogens is 94.1 g/mol. The number of hydrogen-bond acceptors (Lipinski definition) is 1. The summed E-state index contributed by atoms with van der Waals surface area (Å²) in [6.07, 6.45) is 1.88. The largest absolute Gasteiger partial charge is 0.336 e. The lowest BCUT2D eigenvalue weighted by atomic mass is 11.0. The Bertz CT molecular complexity index is 40.1. The van der Waals surface area contributed by atoms with Gasteiger partial charge in [0.2, 0.25) is 6.41 Å². The number of carbonyl (C=O) groups is 1. The molecule has 0 aromatic heterocycles. The van der Waals surface area contributed by atoms with Crippen molar-refractivity contribution in [3.8, 4) is 0 Å². The van der Waals surface area contributed by atoms with Gasteiger partial charge in [0.15, 0.2) is 0 Å². The van der Waals surface area contributed by atoms with Crippen molar-refractivity contribution < 1.29 is 4.79 Å². The average molecular weight is 99.2 g/mol. The van der Waals surface area contributed by atoms with Crippen molar-refractivity contribution >= 4 is 17.4 Å². The van der Waals surface area contributed by atoms with Gasteiger partial charge in [-0.25, -0.2) is 0 Å². The molecule has 0 fully saturated rings. The van der Waals surface area contributed by atoms with Crippen molar-refractivity contribution in [1.29, 1.82) is 0 Å². The highest BCUT2D eigenvalue weighted by Crippen LogP contribution is 1.35. The van der Waals surface area contributed by atoms with E-state index in [1.165, 1.54) is 6.20 Å². The van der Waals surface area contributed by atoms with Crippen LogP contribution in [0.4, 0.5) is 0 Å². The van der Waals surface area contributed by atoms with E-state index < -0.39 is 0 Å². The Labute approximate surface area is 41.3 Å². The molecule has 0 saturated carbocycles. The van der Waals surface area contributed by atoms with Crippen LogP contribution in [0.3, 0.4) is 0 Å². The van der Waals surface area contributed by atoms with Crippen LogP contribution in [0, 0.1) is 0 Å². The Hall–Kier alpha value is -0.573. The third-order valence-electron chi connectivity index (χ3n) is 0.186. The molecule has 0 aliphatic heterocycles. The first-order chi connectivity index (χ1) is 2.41. The summed E-state index contributed by atoms with van der Waals surface area (Å²) in [5, 5.41) is 2.19. The van der Waals surface area contributed by atoms with Gasteiger partial charge in [0.05, 0.1) is 0 Å². The number of carbonyl (C=O) groups excluding carboxylic acids is 1. The zero-order chi connectivity index (χ0) is 4.12. The van der Waals surface area contributed by atoms with E-state index in [4.69, 9.17) is 0 Å². The van der Waals surface area contributed by atoms with Crippen molar-refractivity contribution in [3.63, 3.8) is 0 Å². The predicted molar refractivity (Wildman–Crippen MR) is 25.2 cm³/mol. The molecule has 0 spiro atoms. The van der Waals surface area contributed by atoms with Crippen molar-refractivity contribution in [2.75, 3.05) is 0 Å². The van der Waals surface area contributed by atoms with E-state index in [1.807, 2.05) is 0 Å². The van der Waals surface area contributed by atoms with Crippen LogP contribution in [0.15, 0.2) is 12.8 Å². The standard InChI is InChI=1S/C3H5NO.Si/c1-2-4-3-5;/h2-3H,1H2,(H,4,5);. The first-order valence-corrected chi connectivity index (χ1v) is 1.22. The normalized spacial score (nSPS) is 4.67. The molecule has 0 heterocycles. The molecule has 2 nitrogen and oxygen atoms in total. The second-order valence-electron chi connectivity index (χ2n) is 0.489. The molecule has 0 unspecified atom stereocenters. The predicted octanol–water partition coefficient (Wildman–Crippen LogP) is -0.505. The highest BCUT2D eigenvalue weighted by atomic mass is 28.1. The van der Waals surface area contributed by atoms with Crippen LogP contribution in [0.2, 0.25) is 0 Å². The van der Waals surface area contributed by atoms with Crippen LogP contribution in [-0.4, -0.2) is 17.4 Å². The topological polar surface area (TPSA) is 29.1 Å². The summed E-state index contributed by atoms with van der Waals surface area (Å²) < 4.78 is 0. The number of nitrogens with one attached hydrogen (secondary N) is 1. The zero-order valence-electron chi connectivity index (χ0n) is 3.27. The van der Waals surface area contributed by atoms with Crippen molar-refractivity contribution in [2.24, 2.45) is 0 Å². The van der Waals surface area contributed by atoms with Crippen molar-refractivity contribution in [1.82, 2.24) is 5.32 Å². The molecule has 0 aliphatic rings. The van der Waals surface area contributed by atoms with Crippen LogP contribution < -0.4 is 5.32 Å². The van der Waals surface area contributed by atoms with Gasteiger partial charge < -0.3 is 5.32 Å². The van der Waals surface area contributed by atoms with Gasteiger partial charge in [0, 0.05) is 11.0 Å². The van der Waals surface area contributed by atoms with E-state index >= 15 is 0 Å². The maximum absolute atomic E-state index is 9.22. The third-order valence-corrected chi connectivity index (χ3v) is 0.186. The first kappa shape index (κ1) is 9.06. The Balaban J connectivity index is 0. The van der Waals surface area contributed by atoms with Crippen LogP contribution in [0.5, 0.6) is 0 Å². The van der Waals surface area contributed by atoms with E-state index in [-0.39, 0.29) is 11.0 Å². The lowest BCUT2D eigenvalue weighted by Crippen LogP contribution is -1.96. The molecule has 4 radical (unpaired) electrons. The minimum Gasteiger partial charge on any atom is -0.336 e. The second-order valence-corrected chi connectivity index (χ2v) is 0.489. The monoisotopic (exact) mass is 99.0 g/mol. The summed E-state index contributed by atoms with van der Waals surface area (Å²) >= 11 is 0. The van der Waals surface area contributed by atoms with Crippen molar-refractivity contribution in [3.05, 3.63) is 12.8 Å². The van der Waals surface area contributed by atoms with Crippen LogP contribution in [-0.2, 0) is 4.79 Å². The van der Waals surface area contributed by atoms with Gasteiger partial charge in [-0.05, 0) is 6.20 Å². The van der Waals surface area contributed by atoms with Gasteiger partial charge in [0.1, 0.15) is 0 Å². The molecule has 3 heteroatoms. The summed E-state index contributed by atoms with van der Waals surface area (Å²) in [5.41, 5.74) is 0. The average Bonchev–Trinajstić information content (AvgIpc) is 1.41. The SMILES string of the molecule is C=CNC=O.[Si]. The quantitative estimate of drug-likeness (QED) is 0.367. The number of hydrogen-bond donors (Lipinski definition) is 1. The lowest BCUT2D eigenvalue weighted by Gasteiger charge is -1.70. The van der Waals surface area contributed by atoms with Gasteiger partial charge in [-0.3, -0.25) is 4.79 Å². The van der Waals surface area contributed by atoms with Crippen molar-refractivity contribution in [2.45, 2.75) is 0 Å². The van der Waals surface area contributed by atoms with Gasteiger partial charge in [0.25, 0.3) is 0 Å². The van der Waals surface area contributed by atoms with Crippen LogP contribution >= 0.6 is 0 Å². The fourth-order valence-corrected chi connectivity index (χ4v) is 0.0481. The molecule has 0 bridgehead atoms. The van der Waals surface area contributed by atoms with Crippen LogP contribution in [0.1, 0.15) is 0 Å². The first-order valence-electron chi connectivity index (χ1n) is 1.22. The van der Waals surface area contributed by atoms with E-state index in [1.54, 1.807) is 0 Å². The summed E-state index contributed by atoms with van der Waals surface area (Å²) in [7, 11) is 0. The van der Waals surface area contributed by atoms with E-state index in [0.717, 1.165) is 0 Å². The zero-order valence-corrected chi connectivity index (χ0v) is 4.27. The molecule has 0 aromatic rings. The number of rotatable bonds is 2. The molecule has 32 valence electrons. The van der Waals surface area contributed by atoms with Crippen LogP contribution in [0.25, 0.3) is 0 Å². The molecule has 0 rings (SSSR count). The second kappa shape index (κ2) is 8.83. The van der Waals surface area contributed by atoms with Gasteiger partial charge in [-0.15, -0.1) is 0 Å². The Morgan fingerprint density at radius 3 is 2.17 bits per heavy atom. The molecule has 0 aliphatic carbocycles. The van der Waals surface area contributed by atoms with Gasteiger partial charge >= 0.3 is 0 Å². The fraction of sp³-hybridized carbons (Fsp3) is 0. The smallest absolute Gasteiger partial charge is 0.211 e. The molecule has 1 N–H and O–H groups in total. The lowest BCUT2D eigenvalue weighted by molar-refractivity contribution is -0.108. The Morgan fingerprint density at radius 2 is 2.17 bits per heavy atom. The van der Waals surface area contributed by atoms with E-state index in [0.29, 0.717) is 6.41 Å². The molecule has 0 saturated heterocycles. The Morgan fingerprint density at radius 1 is 1.67 bits per heavy atom. The summed E-state index contributed by atoms with van der Waals surface area (Å²) in [6.45, 7) is 3.21. The molecule has 0 aromatic carbocycles. The van der Waals surface area contributed by atoms with E-state index in [2.05, 4.69) is 11.9 Å². The highest BCUT2D eigenvalue weighted by molar-refractivity contribution is 5.75. The Kier molecular flexibility index (Phi) is 13.3. The molecular formula is C3H5NOSi. The molecule has 0 atom stereocenters. The van der Waals surface area contributed by atoms with Gasteiger partial charge in [-0.1, -0.05) is 6.58 Å². The summed E-state index contributed by atoms with van der Waals surface area (Å²) in [4.78, 5) is 9.22. The summed E-state index contributed by atoms with van der Waals surface area (Å²) in [5.74, 6) is 0. The fourth-order valence-electron chi connectivity index (χ4n) is 0.0481. The number of amides is 1. The minimum atomic E-state index is 0. The van der Waals surface area contributed by atoms with E-state index in [9.17, 15) is 4.79 Å². The summed E-state index contributed by atoms with van der Waals surface area (Å²) in [6, 6.07) is 0.